The van der Waals surface area contributed by atoms with E-state index >= 15 is 0 Å². The summed E-state index contributed by atoms with van der Waals surface area (Å²) >= 11 is 0. The Morgan fingerprint density at radius 1 is 1.24 bits per heavy atom. The molecule has 3 nitrogen and oxygen atoms in total. The highest BCUT2D eigenvalue weighted by atomic mass is 16.5. The van der Waals surface area contributed by atoms with Crippen LogP contribution in [0.1, 0.15) is 24.1 Å². The SMILES string of the molecule is C[C@H](N)c1ccc(OCc2cccnc2)cc1. The van der Waals surface area contributed by atoms with E-state index in [1.54, 1.807) is 12.4 Å². The van der Waals surface area contributed by atoms with E-state index in [0.717, 1.165) is 16.9 Å². The maximum absolute atomic E-state index is 5.78. The molecule has 0 saturated heterocycles. The lowest BCUT2D eigenvalue weighted by atomic mass is 10.1. The number of aromatic nitrogens is 1. The van der Waals surface area contributed by atoms with E-state index in [0.29, 0.717) is 6.61 Å². The molecule has 0 spiro atoms. The molecule has 0 aliphatic rings. The summed E-state index contributed by atoms with van der Waals surface area (Å²) in [6.07, 6.45) is 3.55. The van der Waals surface area contributed by atoms with Gasteiger partial charge in [0.15, 0.2) is 0 Å². The Kier molecular flexibility index (Phi) is 3.73. The molecule has 0 unspecified atom stereocenters. The van der Waals surface area contributed by atoms with E-state index < -0.39 is 0 Å². The lowest BCUT2D eigenvalue weighted by molar-refractivity contribution is 0.305. The number of hydrogen-bond donors (Lipinski definition) is 1. The van der Waals surface area contributed by atoms with Crippen LogP contribution >= 0.6 is 0 Å². The van der Waals surface area contributed by atoms with Gasteiger partial charge in [0.25, 0.3) is 0 Å². The number of hydrogen-bond acceptors (Lipinski definition) is 3. The summed E-state index contributed by atoms with van der Waals surface area (Å²) in [5, 5.41) is 0. The molecule has 1 atom stereocenters. The van der Waals surface area contributed by atoms with Gasteiger partial charge in [-0.2, -0.15) is 0 Å². The van der Waals surface area contributed by atoms with Crippen molar-refractivity contribution in [2.45, 2.75) is 19.6 Å². The molecular formula is C14H16N2O. The average molecular weight is 228 g/mol. The second-order valence-electron chi connectivity index (χ2n) is 4.01. The minimum atomic E-state index is 0.0578. The van der Waals surface area contributed by atoms with Crippen LogP contribution in [0, 0.1) is 0 Å². The minimum Gasteiger partial charge on any atom is -0.489 e. The predicted molar refractivity (Wildman–Crippen MR) is 67.6 cm³/mol. The molecule has 1 aromatic heterocycles. The summed E-state index contributed by atoms with van der Waals surface area (Å²) in [6.45, 7) is 2.50. The quantitative estimate of drug-likeness (QED) is 0.875. The van der Waals surface area contributed by atoms with E-state index in [1.165, 1.54) is 0 Å². The highest BCUT2D eigenvalue weighted by Gasteiger charge is 2.00. The van der Waals surface area contributed by atoms with E-state index in [9.17, 15) is 0 Å². The third kappa shape index (κ3) is 3.29. The number of benzene rings is 1. The maximum atomic E-state index is 5.78. The molecule has 1 aromatic carbocycles. The van der Waals surface area contributed by atoms with Crippen LogP contribution in [-0.4, -0.2) is 4.98 Å². The first-order chi connectivity index (χ1) is 8.25. The third-order valence-corrected chi connectivity index (χ3v) is 2.53. The molecular weight excluding hydrogens is 212 g/mol. The smallest absolute Gasteiger partial charge is 0.119 e. The Morgan fingerprint density at radius 2 is 2.00 bits per heavy atom. The first-order valence-electron chi connectivity index (χ1n) is 5.63. The molecule has 0 saturated carbocycles. The number of nitrogens with two attached hydrogens (primary N) is 1. The molecule has 0 fully saturated rings. The zero-order valence-corrected chi connectivity index (χ0v) is 9.84. The number of nitrogens with zero attached hydrogens (tertiary/aromatic N) is 1. The topological polar surface area (TPSA) is 48.1 Å². The second-order valence-corrected chi connectivity index (χ2v) is 4.01. The fraction of sp³-hybridized carbons (Fsp3) is 0.214. The van der Waals surface area contributed by atoms with Crippen molar-refractivity contribution < 1.29 is 4.74 Å². The minimum absolute atomic E-state index is 0.0578. The lowest BCUT2D eigenvalue weighted by Crippen LogP contribution is -2.04. The van der Waals surface area contributed by atoms with Gasteiger partial charge in [-0.3, -0.25) is 4.98 Å². The van der Waals surface area contributed by atoms with E-state index in [-0.39, 0.29) is 6.04 Å². The lowest BCUT2D eigenvalue weighted by Gasteiger charge is -2.08. The fourth-order valence-electron chi connectivity index (χ4n) is 1.52. The molecule has 0 bridgehead atoms. The van der Waals surface area contributed by atoms with Gasteiger partial charge in [0.1, 0.15) is 12.4 Å². The number of pyridine rings is 1. The molecule has 0 aliphatic heterocycles. The van der Waals surface area contributed by atoms with Gasteiger partial charge in [0, 0.05) is 24.0 Å². The van der Waals surface area contributed by atoms with Gasteiger partial charge in [-0.15, -0.1) is 0 Å². The largest absolute Gasteiger partial charge is 0.489 e. The Bertz CT molecular complexity index is 451. The van der Waals surface area contributed by atoms with Gasteiger partial charge >= 0.3 is 0 Å². The van der Waals surface area contributed by atoms with Gasteiger partial charge in [-0.1, -0.05) is 18.2 Å². The molecule has 0 amide bonds. The van der Waals surface area contributed by atoms with Crippen molar-refractivity contribution >= 4 is 0 Å². The standard InChI is InChI=1S/C14H16N2O/c1-11(15)13-4-6-14(7-5-13)17-10-12-3-2-8-16-9-12/h2-9,11H,10,15H2,1H3/t11-/m0/s1. The van der Waals surface area contributed by atoms with Crippen LogP contribution in [0.2, 0.25) is 0 Å². The van der Waals surface area contributed by atoms with Crippen LogP contribution in [0.5, 0.6) is 5.75 Å². The monoisotopic (exact) mass is 228 g/mol. The molecule has 2 aromatic rings. The molecule has 0 radical (unpaired) electrons. The predicted octanol–water partition coefficient (Wildman–Crippen LogP) is 2.68. The van der Waals surface area contributed by atoms with Gasteiger partial charge in [-0.25, -0.2) is 0 Å². The number of ether oxygens (including phenoxy) is 1. The van der Waals surface area contributed by atoms with Crippen molar-refractivity contribution in [3.8, 4) is 5.75 Å². The van der Waals surface area contributed by atoms with Gasteiger partial charge < -0.3 is 10.5 Å². The molecule has 17 heavy (non-hydrogen) atoms. The first kappa shape index (κ1) is 11.6. The van der Waals surface area contributed by atoms with E-state index in [2.05, 4.69) is 4.98 Å². The summed E-state index contributed by atoms with van der Waals surface area (Å²) in [7, 11) is 0. The Hall–Kier alpha value is -1.87. The van der Waals surface area contributed by atoms with Gasteiger partial charge in [-0.05, 0) is 30.7 Å². The summed E-state index contributed by atoms with van der Waals surface area (Å²) in [5.74, 6) is 0.846. The third-order valence-electron chi connectivity index (χ3n) is 2.53. The highest BCUT2D eigenvalue weighted by molar-refractivity contribution is 5.29. The fourth-order valence-corrected chi connectivity index (χ4v) is 1.52. The first-order valence-corrected chi connectivity index (χ1v) is 5.63. The van der Waals surface area contributed by atoms with Crippen LogP contribution in [0.3, 0.4) is 0 Å². The Balaban J connectivity index is 1.96. The van der Waals surface area contributed by atoms with Crippen LogP contribution in [0.4, 0.5) is 0 Å². The van der Waals surface area contributed by atoms with Crippen LogP contribution in [0.15, 0.2) is 48.8 Å². The zero-order chi connectivity index (χ0) is 12.1. The van der Waals surface area contributed by atoms with Crippen LogP contribution < -0.4 is 10.5 Å². The molecule has 0 aliphatic carbocycles. The van der Waals surface area contributed by atoms with Gasteiger partial charge in [0.2, 0.25) is 0 Å². The number of rotatable bonds is 4. The summed E-state index contributed by atoms with van der Waals surface area (Å²) < 4.78 is 5.65. The zero-order valence-electron chi connectivity index (χ0n) is 9.84. The van der Waals surface area contributed by atoms with E-state index in [4.69, 9.17) is 10.5 Å². The van der Waals surface area contributed by atoms with Crippen molar-refractivity contribution in [2.75, 3.05) is 0 Å². The normalized spacial score (nSPS) is 12.1. The van der Waals surface area contributed by atoms with Crippen molar-refractivity contribution in [3.05, 3.63) is 59.9 Å². The van der Waals surface area contributed by atoms with Crippen molar-refractivity contribution in [1.82, 2.24) is 4.98 Å². The van der Waals surface area contributed by atoms with Crippen LogP contribution in [-0.2, 0) is 6.61 Å². The average Bonchev–Trinajstić information content (AvgIpc) is 2.38. The molecule has 3 heteroatoms. The molecule has 1 heterocycles. The van der Waals surface area contributed by atoms with E-state index in [1.807, 2.05) is 43.3 Å². The van der Waals surface area contributed by atoms with Crippen LogP contribution in [0.25, 0.3) is 0 Å². The van der Waals surface area contributed by atoms with Crippen molar-refractivity contribution in [3.63, 3.8) is 0 Å². The summed E-state index contributed by atoms with van der Waals surface area (Å²) in [5.41, 5.74) is 7.95. The Morgan fingerprint density at radius 3 is 2.59 bits per heavy atom. The molecule has 2 rings (SSSR count). The second kappa shape index (κ2) is 5.46. The van der Waals surface area contributed by atoms with Crippen molar-refractivity contribution in [1.29, 1.82) is 0 Å². The summed E-state index contributed by atoms with van der Waals surface area (Å²) in [6, 6.07) is 11.8. The molecule has 88 valence electrons. The molecule has 2 N–H and O–H groups in total. The van der Waals surface area contributed by atoms with Gasteiger partial charge in [0.05, 0.1) is 0 Å². The highest BCUT2D eigenvalue weighted by Crippen LogP contribution is 2.17. The summed E-state index contributed by atoms with van der Waals surface area (Å²) in [4.78, 5) is 4.04. The van der Waals surface area contributed by atoms with Crippen molar-refractivity contribution in [2.24, 2.45) is 5.73 Å². The maximum Gasteiger partial charge on any atom is 0.119 e. The Labute approximate surface area is 101 Å².